The van der Waals surface area contributed by atoms with E-state index in [0.717, 1.165) is 5.56 Å². The lowest BCUT2D eigenvalue weighted by Crippen LogP contribution is -2.15. The number of para-hydroxylation sites is 2. The van der Waals surface area contributed by atoms with Crippen molar-refractivity contribution in [2.45, 2.75) is 19.3 Å². The maximum absolute atomic E-state index is 12.6. The Labute approximate surface area is 146 Å². The SMILES string of the molecule is C=CCOc1ccccc1C(CC)c1c(O)c2ccccc2oc1=O. The molecule has 0 aliphatic carbocycles. The zero-order chi connectivity index (χ0) is 17.8. The fourth-order valence-corrected chi connectivity index (χ4v) is 3.08. The third-order valence-corrected chi connectivity index (χ3v) is 4.23. The Morgan fingerprint density at radius 2 is 1.92 bits per heavy atom. The van der Waals surface area contributed by atoms with E-state index in [1.54, 1.807) is 30.3 Å². The van der Waals surface area contributed by atoms with Gasteiger partial charge in [-0.25, -0.2) is 4.79 Å². The molecule has 1 unspecified atom stereocenters. The molecule has 1 aromatic heterocycles. The minimum atomic E-state index is -0.526. The third-order valence-electron chi connectivity index (χ3n) is 4.23. The van der Waals surface area contributed by atoms with Gasteiger partial charge in [0.05, 0.1) is 10.9 Å². The van der Waals surface area contributed by atoms with Gasteiger partial charge in [0.1, 0.15) is 23.7 Å². The highest BCUT2D eigenvalue weighted by Crippen LogP contribution is 2.39. The molecular formula is C21H20O4. The monoisotopic (exact) mass is 336 g/mol. The minimum absolute atomic E-state index is 0.0303. The molecular weight excluding hydrogens is 316 g/mol. The molecule has 3 rings (SSSR count). The molecule has 0 radical (unpaired) electrons. The van der Waals surface area contributed by atoms with Gasteiger partial charge < -0.3 is 14.3 Å². The van der Waals surface area contributed by atoms with Crippen LogP contribution in [0.25, 0.3) is 11.0 Å². The lowest BCUT2D eigenvalue weighted by molar-refractivity contribution is 0.356. The van der Waals surface area contributed by atoms with Crippen molar-refractivity contribution in [1.82, 2.24) is 0 Å². The van der Waals surface area contributed by atoms with Crippen LogP contribution in [0.3, 0.4) is 0 Å². The number of rotatable bonds is 6. The summed E-state index contributed by atoms with van der Waals surface area (Å²) in [5.74, 6) is 0.306. The summed E-state index contributed by atoms with van der Waals surface area (Å²) in [5, 5.41) is 11.3. The van der Waals surface area contributed by atoms with Gasteiger partial charge in [-0.1, -0.05) is 49.9 Å². The van der Waals surface area contributed by atoms with Gasteiger partial charge in [0, 0.05) is 11.5 Å². The topological polar surface area (TPSA) is 59.7 Å². The lowest BCUT2D eigenvalue weighted by Gasteiger charge is -2.19. The van der Waals surface area contributed by atoms with Crippen LogP contribution in [0.2, 0.25) is 0 Å². The van der Waals surface area contributed by atoms with Crippen LogP contribution < -0.4 is 10.4 Å². The molecule has 3 aromatic rings. The molecule has 0 aliphatic heterocycles. The fraction of sp³-hybridized carbons (Fsp3) is 0.190. The van der Waals surface area contributed by atoms with Crippen LogP contribution in [-0.4, -0.2) is 11.7 Å². The van der Waals surface area contributed by atoms with E-state index in [1.165, 1.54) is 0 Å². The van der Waals surface area contributed by atoms with E-state index in [4.69, 9.17) is 9.15 Å². The summed E-state index contributed by atoms with van der Waals surface area (Å²) in [6.07, 6.45) is 2.28. The van der Waals surface area contributed by atoms with Crippen molar-refractivity contribution in [3.05, 3.63) is 82.7 Å². The highest BCUT2D eigenvalue weighted by atomic mass is 16.5. The van der Waals surface area contributed by atoms with Gasteiger partial charge in [-0.3, -0.25) is 0 Å². The predicted molar refractivity (Wildman–Crippen MR) is 98.4 cm³/mol. The van der Waals surface area contributed by atoms with Crippen molar-refractivity contribution >= 4 is 11.0 Å². The number of ether oxygens (including phenoxy) is 1. The van der Waals surface area contributed by atoms with Crippen molar-refractivity contribution in [1.29, 1.82) is 0 Å². The van der Waals surface area contributed by atoms with Gasteiger partial charge in [-0.15, -0.1) is 0 Å². The van der Waals surface area contributed by atoms with Gasteiger partial charge in [-0.2, -0.15) is 0 Å². The Bertz CT molecular complexity index is 956. The first-order chi connectivity index (χ1) is 12.2. The average molecular weight is 336 g/mol. The maximum Gasteiger partial charge on any atom is 0.343 e. The van der Waals surface area contributed by atoms with E-state index in [-0.39, 0.29) is 17.2 Å². The summed E-state index contributed by atoms with van der Waals surface area (Å²) in [5.41, 5.74) is 0.946. The van der Waals surface area contributed by atoms with Crippen LogP contribution in [0.15, 0.2) is 70.4 Å². The van der Waals surface area contributed by atoms with Crippen molar-refractivity contribution in [2.75, 3.05) is 6.61 Å². The largest absolute Gasteiger partial charge is 0.507 e. The first-order valence-corrected chi connectivity index (χ1v) is 8.24. The van der Waals surface area contributed by atoms with Crippen LogP contribution in [-0.2, 0) is 0 Å². The van der Waals surface area contributed by atoms with Gasteiger partial charge in [0.15, 0.2) is 0 Å². The Hall–Kier alpha value is -3.01. The number of benzene rings is 2. The molecule has 0 saturated heterocycles. The third kappa shape index (κ3) is 3.15. The fourth-order valence-electron chi connectivity index (χ4n) is 3.08. The van der Waals surface area contributed by atoms with Gasteiger partial charge in [0.2, 0.25) is 0 Å². The molecule has 0 amide bonds. The summed E-state index contributed by atoms with van der Waals surface area (Å²) in [6, 6.07) is 14.5. The van der Waals surface area contributed by atoms with Crippen molar-refractivity contribution in [3.8, 4) is 11.5 Å². The van der Waals surface area contributed by atoms with E-state index in [9.17, 15) is 9.90 Å². The first-order valence-electron chi connectivity index (χ1n) is 8.24. The summed E-state index contributed by atoms with van der Waals surface area (Å²) in [6.45, 7) is 5.99. The van der Waals surface area contributed by atoms with Crippen LogP contribution >= 0.6 is 0 Å². The van der Waals surface area contributed by atoms with E-state index in [0.29, 0.717) is 29.7 Å². The molecule has 0 saturated carbocycles. The zero-order valence-corrected chi connectivity index (χ0v) is 14.1. The molecule has 0 aliphatic rings. The molecule has 1 atom stereocenters. The number of aromatic hydroxyl groups is 1. The molecule has 1 N–H and O–H groups in total. The van der Waals surface area contributed by atoms with Crippen molar-refractivity contribution in [3.63, 3.8) is 0 Å². The summed E-state index contributed by atoms with van der Waals surface area (Å²) in [4.78, 5) is 12.6. The second kappa shape index (κ2) is 7.26. The van der Waals surface area contributed by atoms with Crippen LogP contribution in [0.4, 0.5) is 0 Å². The molecule has 1 heterocycles. The first kappa shape index (κ1) is 16.8. The number of hydrogen-bond acceptors (Lipinski definition) is 4. The summed E-state index contributed by atoms with van der Waals surface area (Å²) in [7, 11) is 0. The molecule has 0 spiro atoms. The smallest absolute Gasteiger partial charge is 0.343 e. The van der Waals surface area contributed by atoms with Crippen LogP contribution in [0, 0.1) is 0 Å². The normalized spacial score (nSPS) is 12.0. The second-order valence-electron chi connectivity index (χ2n) is 5.75. The van der Waals surface area contributed by atoms with E-state index < -0.39 is 5.63 Å². The predicted octanol–water partition coefficient (Wildman–Crippen LogP) is 4.61. The summed E-state index contributed by atoms with van der Waals surface area (Å²) < 4.78 is 11.2. The summed E-state index contributed by atoms with van der Waals surface area (Å²) >= 11 is 0. The Kier molecular flexibility index (Phi) is 4.89. The van der Waals surface area contributed by atoms with E-state index in [2.05, 4.69) is 6.58 Å². The highest BCUT2D eigenvalue weighted by molar-refractivity contribution is 5.84. The molecule has 0 fully saturated rings. The van der Waals surface area contributed by atoms with E-state index in [1.807, 2.05) is 31.2 Å². The molecule has 2 aromatic carbocycles. The maximum atomic E-state index is 12.6. The van der Waals surface area contributed by atoms with Crippen molar-refractivity contribution in [2.24, 2.45) is 0 Å². The molecule has 4 nitrogen and oxygen atoms in total. The Balaban J connectivity index is 2.19. The molecule has 128 valence electrons. The Morgan fingerprint density at radius 3 is 2.68 bits per heavy atom. The Morgan fingerprint density at radius 1 is 1.20 bits per heavy atom. The average Bonchev–Trinajstić information content (AvgIpc) is 2.64. The standard InChI is InChI=1S/C21H20O4/c1-3-13-24-17-11-7-5-9-15(17)14(4-2)19-20(22)16-10-6-8-12-18(16)25-21(19)23/h3,5-12,14,22H,1,4,13H2,2H3. The second-order valence-corrected chi connectivity index (χ2v) is 5.75. The van der Waals surface area contributed by atoms with Crippen molar-refractivity contribution < 1.29 is 14.3 Å². The molecule has 25 heavy (non-hydrogen) atoms. The lowest BCUT2D eigenvalue weighted by atomic mass is 9.88. The van der Waals surface area contributed by atoms with E-state index >= 15 is 0 Å². The zero-order valence-electron chi connectivity index (χ0n) is 14.1. The van der Waals surface area contributed by atoms with Gasteiger partial charge in [-0.05, 0) is 24.6 Å². The number of hydrogen-bond donors (Lipinski definition) is 1. The van der Waals surface area contributed by atoms with Crippen LogP contribution in [0.5, 0.6) is 11.5 Å². The van der Waals surface area contributed by atoms with Gasteiger partial charge in [0.25, 0.3) is 0 Å². The van der Waals surface area contributed by atoms with Crippen LogP contribution in [0.1, 0.15) is 30.4 Å². The number of fused-ring (bicyclic) bond motifs is 1. The highest BCUT2D eigenvalue weighted by Gasteiger charge is 2.25. The molecule has 0 bridgehead atoms. The quantitative estimate of drug-likeness (QED) is 0.528. The minimum Gasteiger partial charge on any atom is -0.507 e. The van der Waals surface area contributed by atoms with Gasteiger partial charge >= 0.3 is 5.63 Å². The molecule has 4 heteroatoms.